The van der Waals surface area contributed by atoms with E-state index in [-0.39, 0.29) is 18.1 Å². The summed E-state index contributed by atoms with van der Waals surface area (Å²) in [5.41, 5.74) is 3.49. The first-order valence-electron chi connectivity index (χ1n) is 10.8. The lowest BCUT2D eigenvalue weighted by atomic mass is 10.1. The number of hydrogen-bond donors (Lipinski definition) is 0. The minimum Gasteiger partial charge on any atom is -0.372 e. The number of aliphatic imine (C=N–C) groups is 1. The van der Waals surface area contributed by atoms with Crippen LogP contribution in [-0.2, 0) is 9.53 Å². The number of morpholine rings is 1. The number of amidine groups is 1. The van der Waals surface area contributed by atoms with Crippen LogP contribution in [0.1, 0.15) is 19.4 Å². The molecule has 2 aliphatic heterocycles. The van der Waals surface area contributed by atoms with Gasteiger partial charge >= 0.3 is 0 Å². The van der Waals surface area contributed by atoms with Crippen LogP contribution < -0.4 is 0 Å². The number of amides is 1. The van der Waals surface area contributed by atoms with Crippen molar-refractivity contribution in [3.8, 4) is 16.9 Å². The SMILES string of the molecule is CC1CN(C2=NC(=O)/C(=C\c3cn(-c4ccccc4)nc3-c3ccc(Cl)cc3)S2)CC(C)O1. The molecule has 2 aromatic carbocycles. The molecule has 1 saturated heterocycles. The normalized spacial score (nSPS) is 22.2. The third-order valence-corrected chi connectivity index (χ3v) is 6.76. The number of nitrogens with zero attached hydrogens (tertiary/aromatic N) is 4. The van der Waals surface area contributed by atoms with Crippen molar-refractivity contribution >= 4 is 40.5 Å². The average molecular weight is 479 g/mol. The zero-order chi connectivity index (χ0) is 22.9. The van der Waals surface area contributed by atoms with Crippen LogP contribution in [0.3, 0.4) is 0 Å². The van der Waals surface area contributed by atoms with Crippen molar-refractivity contribution in [2.24, 2.45) is 4.99 Å². The maximum Gasteiger partial charge on any atom is 0.286 e. The molecule has 1 aromatic heterocycles. The first kappa shape index (κ1) is 21.9. The molecule has 3 aromatic rings. The second-order valence-corrected chi connectivity index (χ2v) is 9.64. The zero-order valence-electron chi connectivity index (χ0n) is 18.3. The number of carbonyl (C=O) groups is 1. The van der Waals surface area contributed by atoms with Crippen LogP contribution in [0.5, 0.6) is 0 Å². The zero-order valence-corrected chi connectivity index (χ0v) is 19.9. The summed E-state index contributed by atoms with van der Waals surface area (Å²) in [6, 6.07) is 17.4. The third-order valence-electron chi connectivity index (χ3n) is 5.47. The highest BCUT2D eigenvalue weighted by molar-refractivity contribution is 8.18. The van der Waals surface area contributed by atoms with Gasteiger partial charge in [-0.15, -0.1) is 0 Å². The Bertz CT molecular complexity index is 1230. The molecule has 0 saturated carbocycles. The van der Waals surface area contributed by atoms with E-state index in [1.165, 1.54) is 11.8 Å². The van der Waals surface area contributed by atoms with Crippen molar-refractivity contribution in [3.05, 3.63) is 76.3 Å². The number of halogens is 1. The highest BCUT2D eigenvalue weighted by Gasteiger charge is 2.31. The number of para-hydroxylation sites is 1. The summed E-state index contributed by atoms with van der Waals surface area (Å²) in [4.78, 5) is 19.8. The van der Waals surface area contributed by atoms with Crippen molar-refractivity contribution in [3.63, 3.8) is 0 Å². The third kappa shape index (κ3) is 4.76. The highest BCUT2D eigenvalue weighted by Crippen LogP contribution is 2.34. The summed E-state index contributed by atoms with van der Waals surface area (Å²) >= 11 is 7.50. The van der Waals surface area contributed by atoms with Crippen LogP contribution in [0.2, 0.25) is 5.02 Å². The minimum atomic E-state index is -0.226. The largest absolute Gasteiger partial charge is 0.372 e. The van der Waals surface area contributed by atoms with Gasteiger partial charge in [0.15, 0.2) is 5.17 Å². The molecule has 1 fully saturated rings. The van der Waals surface area contributed by atoms with E-state index >= 15 is 0 Å². The number of thioether (sulfide) groups is 1. The molecule has 2 aliphatic rings. The fourth-order valence-electron chi connectivity index (χ4n) is 4.05. The Morgan fingerprint density at radius 3 is 2.45 bits per heavy atom. The van der Waals surface area contributed by atoms with Crippen LogP contribution in [-0.4, -0.2) is 51.1 Å². The predicted molar refractivity (Wildman–Crippen MR) is 134 cm³/mol. The van der Waals surface area contributed by atoms with Crippen molar-refractivity contribution in [1.29, 1.82) is 0 Å². The summed E-state index contributed by atoms with van der Waals surface area (Å²) < 4.78 is 7.64. The molecule has 0 N–H and O–H groups in total. The van der Waals surface area contributed by atoms with Gasteiger partial charge in [0.2, 0.25) is 0 Å². The van der Waals surface area contributed by atoms with E-state index in [1.54, 1.807) is 0 Å². The van der Waals surface area contributed by atoms with E-state index in [0.717, 1.165) is 40.8 Å². The van der Waals surface area contributed by atoms with Crippen molar-refractivity contribution in [1.82, 2.24) is 14.7 Å². The number of hydrogen-bond acceptors (Lipinski definition) is 5. The molecule has 33 heavy (non-hydrogen) atoms. The molecule has 0 bridgehead atoms. The van der Waals surface area contributed by atoms with Gasteiger partial charge < -0.3 is 9.64 Å². The summed E-state index contributed by atoms with van der Waals surface area (Å²) in [7, 11) is 0. The number of benzene rings is 2. The molecule has 6 nitrogen and oxygen atoms in total. The average Bonchev–Trinajstić information content (AvgIpc) is 3.38. The van der Waals surface area contributed by atoms with Gasteiger partial charge in [-0.3, -0.25) is 4.79 Å². The van der Waals surface area contributed by atoms with E-state index in [0.29, 0.717) is 9.93 Å². The Labute approximate surface area is 201 Å². The standard InChI is InChI=1S/C25H23ClN4O2S/c1-16-13-29(14-17(2)32-16)25-27-24(31)22(33-25)12-19-15-30(21-6-4-3-5-7-21)28-23(19)18-8-10-20(26)11-9-18/h3-12,15-17H,13-14H2,1-2H3/b22-12+. The second kappa shape index (κ2) is 9.17. The Kier molecular flexibility index (Phi) is 6.10. The topological polar surface area (TPSA) is 59.7 Å². The van der Waals surface area contributed by atoms with Crippen LogP contribution in [0.25, 0.3) is 23.0 Å². The lowest BCUT2D eigenvalue weighted by Gasteiger charge is -2.35. The first-order valence-corrected chi connectivity index (χ1v) is 12.0. The van der Waals surface area contributed by atoms with Gasteiger partial charge in [0.1, 0.15) is 0 Å². The fourth-order valence-corrected chi connectivity index (χ4v) is 5.09. The van der Waals surface area contributed by atoms with E-state index in [4.69, 9.17) is 21.4 Å². The Morgan fingerprint density at radius 1 is 1.06 bits per heavy atom. The Balaban J connectivity index is 1.49. The van der Waals surface area contributed by atoms with Gasteiger partial charge in [0, 0.05) is 35.4 Å². The second-order valence-electron chi connectivity index (χ2n) is 8.19. The maximum absolute atomic E-state index is 12.8. The van der Waals surface area contributed by atoms with Crippen molar-refractivity contribution in [2.75, 3.05) is 13.1 Å². The van der Waals surface area contributed by atoms with E-state index in [1.807, 2.05) is 85.4 Å². The van der Waals surface area contributed by atoms with Crippen LogP contribution in [0.15, 0.2) is 70.7 Å². The smallest absolute Gasteiger partial charge is 0.286 e. The molecule has 8 heteroatoms. The number of ether oxygens (including phenoxy) is 1. The van der Waals surface area contributed by atoms with Crippen molar-refractivity contribution < 1.29 is 9.53 Å². The predicted octanol–water partition coefficient (Wildman–Crippen LogP) is 5.27. The van der Waals surface area contributed by atoms with E-state index in [2.05, 4.69) is 9.89 Å². The Hall–Kier alpha value is -2.87. The molecule has 2 atom stereocenters. The molecule has 1 amide bonds. The summed E-state index contributed by atoms with van der Waals surface area (Å²) in [5.74, 6) is -0.226. The lowest BCUT2D eigenvalue weighted by molar-refractivity contribution is -0.113. The van der Waals surface area contributed by atoms with Crippen LogP contribution in [0.4, 0.5) is 0 Å². The number of aromatic nitrogens is 2. The molecule has 3 heterocycles. The summed E-state index contributed by atoms with van der Waals surface area (Å²) in [6.45, 7) is 5.52. The fraction of sp³-hybridized carbons (Fsp3) is 0.240. The summed E-state index contributed by atoms with van der Waals surface area (Å²) in [6.07, 6.45) is 4.02. The molecule has 5 rings (SSSR count). The van der Waals surface area contributed by atoms with Gasteiger partial charge in [0.25, 0.3) is 5.91 Å². The molecule has 0 spiro atoms. The van der Waals surface area contributed by atoms with E-state index < -0.39 is 0 Å². The van der Waals surface area contributed by atoms with Gasteiger partial charge in [-0.25, -0.2) is 4.68 Å². The number of carbonyl (C=O) groups excluding carboxylic acids is 1. The lowest BCUT2D eigenvalue weighted by Crippen LogP contribution is -2.47. The Morgan fingerprint density at radius 2 is 1.76 bits per heavy atom. The van der Waals surface area contributed by atoms with Crippen molar-refractivity contribution in [2.45, 2.75) is 26.1 Å². The first-order chi connectivity index (χ1) is 16.0. The quantitative estimate of drug-likeness (QED) is 0.480. The van der Waals surface area contributed by atoms with Gasteiger partial charge in [-0.05, 0) is 56.0 Å². The maximum atomic E-state index is 12.8. The molecule has 0 aliphatic carbocycles. The monoisotopic (exact) mass is 478 g/mol. The molecule has 0 radical (unpaired) electrons. The van der Waals surface area contributed by atoms with Gasteiger partial charge in [-0.1, -0.05) is 41.9 Å². The van der Waals surface area contributed by atoms with Gasteiger partial charge in [0.05, 0.1) is 28.5 Å². The molecule has 2 unspecified atom stereocenters. The van der Waals surface area contributed by atoms with Gasteiger partial charge in [-0.2, -0.15) is 10.1 Å². The van der Waals surface area contributed by atoms with E-state index in [9.17, 15) is 4.79 Å². The molecular formula is C25H23ClN4O2S. The summed E-state index contributed by atoms with van der Waals surface area (Å²) in [5, 5.41) is 6.22. The number of rotatable bonds is 3. The minimum absolute atomic E-state index is 0.0980. The van der Waals surface area contributed by atoms with Crippen LogP contribution in [0, 0.1) is 0 Å². The van der Waals surface area contributed by atoms with Crippen LogP contribution >= 0.6 is 23.4 Å². The highest BCUT2D eigenvalue weighted by atomic mass is 35.5. The molecule has 168 valence electrons. The molecular weight excluding hydrogens is 456 g/mol.